The molecule has 2 atom stereocenters. The molecular formula is C10H13N2O6P. The fourth-order valence-corrected chi connectivity index (χ4v) is 2.40. The van der Waals surface area contributed by atoms with Gasteiger partial charge in [0, 0.05) is 12.6 Å². The van der Waals surface area contributed by atoms with Crippen LogP contribution in [0.5, 0.6) is 0 Å². The Hall–Kier alpha value is -1.92. The van der Waals surface area contributed by atoms with Crippen molar-refractivity contribution in [2.75, 3.05) is 4.67 Å². The lowest BCUT2D eigenvalue weighted by Crippen LogP contribution is -2.37. The Labute approximate surface area is 109 Å². The Bertz CT molecular complexity index is 480. The first-order chi connectivity index (χ1) is 8.93. The number of aliphatic carboxylic acids is 2. The highest BCUT2D eigenvalue weighted by Crippen LogP contribution is 2.33. The van der Waals surface area contributed by atoms with Crippen molar-refractivity contribution in [2.45, 2.75) is 18.9 Å². The molecular weight excluding hydrogens is 275 g/mol. The van der Waals surface area contributed by atoms with E-state index in [1.165, 1.54) is 24.5 Å². The number of anilines is 1. The lowest BCUT2D eigenvalue weighted by atomic mass is 10.1. The molecule has 0 spiro atoms. The van der Waals surface area contributed by atoms with Crippen molar-refractivity contribution in [1.29, 1.82) is 0 Å². The number of hydrogen-bond donors (Lipinski definition) is 3. The predicted octanol–water partition coefficient (Wildman–Crippen LogP) is 0.588. The fraction of sp³-hybridized carbons (Fsp3) is 0.300. The van der Waals surface area contributed by atoms with Crippen molar-refractivity contribution in [1.82, 2.24) is 4.98 Å². The minimum absolute atomic E-state index is 0.159. The van der Waals surface area contributed by atoms with Crippen LogP contribution in [0.4, 0.5) is 5.69 Å². The molecule has 0 aromatic carbocycles. The summed E-state index contributed by atoms with van der Waals surface area (Å²) >= 11 is 0. The molecule has 0 aliphatic rings. The van der Waals surface area contributed by atoms with Gasteiger partial charge < -0.3 is 15.1 Å². The number of hydrogen-bond acceptors (Lipinski definition) is 4. The quantitative estimate of drug-likeness (QED) is 0.622. The van der Waals surface area contributed by atoms with E-state index >= 15 is 0 Å². The number of carboxylic acids is 2. The number of pyridine rings is 1. The molecule has 0 aliphatic carbocycles. The number of rotatable bonds is 7. The lowest BCUT2D eigenvalue weighted by molar-refractivity contribution is -0.139. The Morgan fingerprint density at radius 1 is 1.42 bits per heavy atom. The van der Waals surface area contributed by atoms with Crippen molar-refractivity contribution in [2.24, 2.45) is 0 Å². The third-order valence-corrected chi connectivity index (χ3v) is 3.34. The summed E-state index contributed by atoms with van der Waals surface area (Å²) in [6.45, 7) is 0. The van der Waals surface area contributed by atoms with E-state index in [2.05, 4.69) is 4.98 Å². The zero-order chi connectivity index (χ0) is 14.4. The van der Waals surface area contributed by atoms with E-state index in [0.29, 0.717) is 0 Å². The van der Waals surface area contributed by atoms with Crippen LogP contribution >= 0.6 is 8.18 Å². The van der Waals surface area contributed by atoms with Crippen molar-refractivity contribution in [3.05, 3.63) is 24.5 Å². The molecule has 104 valence electrons. The molecule has 0 saturated heterocycles. The number of carboxylic acid groups (broad SMARTS) is 2. The van der Waals surface area contributed by atoms with Crippen LogP contribution in [0, 0.1) is 0 Å². The maximum absolute atomic E-state index is 11.4. The molecule has 1 rings (SSSR count). The highest BCUT2D eigenvalue weighted by Gasteiger charge is 2.29. The monoisotopic (exact) mass is 288 g/mol. The van der Waals surface area contributed by atoms with Gasteiger partial charge >= 0.3 is 11.9 Å². The average Bonchev–Trinajstić information content (AvgIpc) is 2.34. The molecule has 0 radical (unpaired) electrons. The van der Waals surface area contributed by atoms with Gasteiger partial charge in [0.2, 0.25) is 0 Å². The summed E-state index contributed by atoms with van der Waals surface area (Å²) in [5.41, 5.74) is 0.159. The van der Waals surface area contributed by atoms with Gasteiger partial charge in [0.05, 0.1) is 11.9 Å². The van der Waals surface area contributed by atoms with Crippen LogP contribution in [0.3, 0.4) is 0 Å². The molecule has 3 N–H and O–H groups in total. The van der Waals surface area contributed by atoms with E-state index in [1.807, 2.05) is 0 Å². The van der Waals surface area contributed by atoms with Crippen LogP contribution in [-0.2, 0) is 14.2 Å². The fourth-order valence-electron chi connectivity index (χ4n) is 1.54. The molecule has 0 aliphatic heterocycles. The van der Waals surface area contributed by atoms with Crippen molar-refractivity contribution < 1.29 is 29.3 Å². The summed E-state index contributed by atoms with van der Waals surface area (Å²) in [6, 6.07) is 1.53. The Balaban J connectivity index is 3.03. The highest BCUT2D eigenvalue weighted by atomic mass is 31.1. The molecule has 0 bridgehead atoms. The topological polar surface area (TPSA) is 128 Å². The molecule has 1 aromatic rings. The van der Waals surface area contributed by atoms with Gasteiger partial charge in [0.1, 0.15) is 6.04 Å². The minimum atomic E-state index is -3.35. The summed E-state index contributed by atoms with van der Waals surface area (Å²) in [5.74, 6) is -2.53. The molecule has 2 unspecified atom stereocenters. The van der Waals surface area contributed by atoms with E-state index in [1.54, 1.807) is 0 Å². The van der Waals surface area contributed by atoms with Crippen LogP contribution in [0.25, 0.3) is 0 Å². The number of carbonyl (C=O) groups is 2. The molecule has 8 nitrogen and oxygen atoms in total. The first-order valence-electron chi connectivity index (χ1n) is 5.30. The van der Waals surface area contributed by atoms with Crippen molar-refractivity contribution in [3.8, 4) is 0 Å². The van der Waals surface area contributed by atoms with Crippen molar-refractivity contribution in [3.63, 3.8) is 0 Å². The zero-order valence-electron chi connectivity index (χ0n) is 9.76. The van der Waals surface area contributed by atoms with Gasteiger partial charge in [-0.2, -0.15) is 0 Å². The standard InChI is InChI=1S/C10H13N2O6P/c13-9(14)4-3-8(10(15)16)12(19(17)18)7-2-1-5-11-6-7/h1-2,5-6,8,19H,3-4H2,(H,13,14)(H,15,16)(H,17,18). The van der Waals surface area contributed by atoms with Gasteiger partial charge in [-0.25, -0.2) is 4.79 Å². The molecule has 19 heavy (non-hydrogen) atoms. The van der Waals surface area contributed by atoms with E-state index in [-0.39, 0.29) is 12.1 Å². The minimum Gasteiger partial charge on any atom is -0.481 e. The third kappa shape index (κ3) is 4.35. The molecule has 1 heterocycles. The van der Waals surface area contributed by atoms with Crippen LogP contribution < -0.4 is 4.67 Å². The SMILES string of the molecule is O=C(O)CCC(C(=O)O)N(c1cccnc1)[PH](=O)O. The second-order valence-corrected chi connectivity index (χ2v) is 4.70. The molecule has 0 amide bonds. The second kappa shape index (κ2) is 6.86. The lowest BCUT2D eigenvalue weighted by Gasteiger charge is -2.27. The smallest absolute Gasteiger partial charge is 0.326 e. The average molecular weight is 288 g/mol. The molecule has 1 aromatic heterocycles. The van der Waals surface area contributed by atoms with Gasteiger partial charge in [0.15, 0.2) is 0 Å². The maximum Gasteiger partial charge on any atom is 0.326 e. The first-order valence-corrected chi connectivity index (χ1v) is 6.60. The Morgan fingerprint density at radius 3 is 2.53 bits per heavy atom. The van der Waals surface area contributed by atoms with Gasteiger partial charge in [-0.15, -0.1) is 0 Å². The van der Waals surface area contributed by atoms with Crippen LogP contribution in [0.2, 0.25) is 0 Å². The van der Waals surface area contributed by atoms with E-state index in [9.17, 15) is 19.0 Å². The van der Waals surface area contributed by atoms with Crippen LogP contribution in [0.1, 0.15) is 12.8 Å². The molecule has 0 fully saturated rings. The van der Waals surface area contributed by atoms with E-state index in [4.69, 9.17) is 10.2 Å². The van der Waals surface area contributed by atoms with Gasteiger partial charge in [-0.05, 0) is 18.6 Å². The summed E-state index contributed by atoms with van der Waals surface area (Å²) < 4.78 is 12.1. The third-order valence-electron chi connectivity index (χ3n) is 2.36. The normalized spacial score (nSPS) is 13.5. The van der Waals surface area contributed by atoms with Crippen LogP contribution in [-0.4, -0.2) is 38.1 Å². The molecule has 9 heteroatoms. The van der Waals surface area contributed by atoms with Gasteiger partial charge in [-0.1, -0.05) is 0 Å². The largest absolute Gasteiger partial charge is 0.481 e. The summed E-state index contributed by atoms with van der Waals surface area (Å²) in [5, 5.41) is 17.7. The number of nitrogens with zero attached hydrogens (tertiary/aromatic N) is 2. The summed E-state index contributed by atoms with van der Waals surface area (Å²) in [4.78, 5) is 34.7. The van der Waals surface area contributed by atoms with Crippen LogP contribution in [0.15, 0.2) is 24.5 Å². The van der Waals surface area contributed by atoms with Gasteiger partial charge in [0.25, 0.3) is 8.18 Å². The van der Waals surface area contributed by atoms with Crippen molar-refractivity contribution >= 4 is 25.8 Å². The first kappa shape index (κ1) is 15.1. The second-order valence-electron chi connectivity index (χ2n) is 3.65. The summed E-state index contributed by atoms with van der Waals surface area (Å²) in [6.07, 6.45) is 1.98. The maximum atomic E-state index is 11.4. The van der Waals surface area contributed by atoms with E-state index in [0.717, 1.165) is 4.67 Å². The predicted molar refractivity (Wildman–Crippen MR) is 66.2 cm³/mol. The van der Waals surface area contributed by atoms with E-state index < -0.39 is 32.6 Å². The number of aromatic nitrogens is 1. The summed E-state index contributed by atoms with van der Waals surface area (Å²) in [7, 11) is -3.35. The Morgan fingerprint density at radius 2 is 2.11 bits per heavy atom. The Kier molecular flexibility index (Phi) is 5.47. The van der Waals surface area contributed by atoms with Gasteiger partial charge in [-0.3, -0.25) is 19.0 Å². The molecule has 0 saturated carbocycles. The zero-order valence-corrected chi connectivity index (χ0v) is 10.8. The highest BCUT2D eigenvalue weighted by molar-refractivity contribution is 7.40.